The lowest BCUT2D eigenvalue weighted by molar-refractivity contribution is 0.0816. The number of carbonyl (C=O) groups excluding carboxylic acids is 1. The van der Waals surface area contributed by atoms with Gasteiger partial charge in [0.05, 0.1) is 6.10 Å². The molecule has 0 aliphatic heterocycles. The molecule has 1 unspecified atom stereocenters. The summed E-state index contributed by atoms with van der Waals surface area (Å²) in [5, 5.41) is 12.7. The fraction of sp³-hybridized carbons (Fsp3) is 0.615. The van der Waals surface area contributed by atoms with Crippen LogP contribution in [0.4, 0.5) is 0 Å². The Bertz CT molecular complexity index is 424. The van der Waals surface area contributed by atoms with E-state index in [1.807, 2.05) is 6.92 Å². The van der Waals surface area contributed by atoms with E-state index < -0.39 is 6.10 Å². The molecule has 1 saturated carbocycles. The molecule has 1 aromatic heterocycles. The van der Waals surface area contributed by atoms with Crippen LogP contribution in [0.25, 0.3) is 0 Å². The average molecular weight is 316 g/mol. The van der Waals surface area contributed by atoms with E-state index in [4.69, 9.17) is 4.42 Å². The van der Waals surface area contributed by atoms with E-state index >= 15 is 0 Å². The van der Waals surface area contributed by atoms with Gasteiger partial charge in [0.25, 0.3) is 5.91 Å². The molecule has 0 saturated heterocycles. The number of hydrogen-bond donors (Lipinski definition) is 2. The monoisotopic (exact) mass is 315 g/mol. The van der Waals surface area contributed by atoms with E-state index in [2.05, 4.69) is 21.2 Å². The van der Waals surface area contributed by atoms with Crippen LogP contribution in [0.2, 0.25) is 0 Å². The second kappa shape index (κ2) is 5.89. The third kappa shape index (κ3) is 3.14. The van der Waals surface area contributed by atoms with Gasteiger partial charge in [-0.25, -0.2) is 0 Å². The number of aryl methyl sites for hydroxylation is 1. The Hall–Kier alpha value is -0.810. The molecule has 0 radical (unpaired) electrons. The van der Waals surface area contributed by atoms with Crippen molar-refractivity contribution in [2.45, 2.75) is 38.7 Å². The summed E-state index contributed by atoms with van der Waals surface area (Å²) in [4.78, 5) is 11.9. The normalized spacial score (nSPS) is 17.9. The number of aliphatic hydroxyl groups is 1. The highest BCUT2D eigenvalue weighted by atomic mass is 79.9. The maximum Gasteiger partial charge on any atom is 0.287 e. The van der Waals surface area contributed by atoms with Crippen molar-refractivity contribution in [1.82, 2.24) is 5.32 Å². The molecule has 1 amide bonds. The Morgan fingerprint density at radius 3 is 2.83 bits per heavy atom. The lowest BCUT2D eigenvalue weighted by atomic mass is 10.0. The van der Waals surface area contributed by atoms with Crippen LogP contribution < -0.4 is 5.32 Å². The predicted octanol–water partition coefficient (Wildman–Crippen LogP) is 2.63. The second-order valence-electron chi connectivity index (χ2n) is 4.88. The van der Waals surface area contributed by atoms with Gasteiger partial charge >= 0.3 is 0 Å². The summed E-state index contributed by atoms with van der Waals surface area (Å²) in [6, 6.07) is 1.75. The van der Waals surface area contributed by atoms with Crippen molar-refractivity contribution < 1.29 is 14.3 Å². The Kier molecular flexibility index (Phi) is 4.45. The van der Waals surface area contributed by atoms with Crippen molar-refractivity contribution in [2.24, 2.45) is 5.92 Å². The molecular weight excluding hydrogens is 298 g/mol. The minimum atomic E-state index is -0.449. The first-order valence-corrected chi connectivity index (χ1v) is 7.09. The highest BCUT2D eigenvalue weighted by Crippen LogP contribution is 2.27. The van der Waals surface area contributed by atoms with E-state index in [0.717, 1.165) is 18.4 Å². The minimum Gasteiger partial charge on any atom is -0.444 e. The largest absolute Gasteiger partial charge is 0.444 e. The van der Waals surface area contributed by atoms with Crippen molar-refractivity contribution in [2.75, 3.05) is 6.54 Å². The number of carbonyl (C=O) groups is 1. The molecule has 1 heterocycles. The number of amides is 1. The van der Waals surface area contributed by atoms with Crippen LogP contribution in [-0.4, -0.2) is 23.7 Å². The summed E-state index contributed by atoms with van der Waals surface area (Å²) in [6.45, 7) is 2.11. The van der Waals surface area contributed by atoms with Gasteiger partial charge in [-0.05, 0) is 47.7 Å². The predicted molar refractivity (Wildman–Crippen MR) is 71.4 cm³/mol. The van der Waals surface area contributed by atoms with E-state index in [0.29, 0.717) is 22.9 Å². The van der Waals surface area contributed by atoms with E-state index in [1.165, 1.54) is 12.8 Å². The first-order chi connectivity index (χ1) is 8.58. The average Bonchev–Trinajstić information content (AvgIpc) is 2.95. The zero-order valence-electron chi connectivity index (χ0n) is 10.4. The molecule has 1 aromatic rings. The number of aliphatic hydroxyl groups excluding tert-OH is 1. The molecule has 18 heavy (non-hydrogen) atoms. The fourth-order valence-corrected chi connectivity index (χ4v) is 2.96. The molecule has 100 valence electrons. The Morgan fingerprint density at radius 1 is 1.61 bits per heavy atom. The lowest BCUT2D eigenvalue weighted by Crippen LogP contribution is -2.35. The third-order valence-electron chi connectivity index (χ3n) is 3.51. The summed E-state index contributed by atoms with van der Waals surface area (Å²) < 4.78 is 5.80. The Morgan fingerprint density at radius 2 is 2.28 bits per heavy atom. The van der Waals surface area contributed by atoms with Gasteiger partial charge in [-0.15, -0.1) is 0 Å². The van der Waals surface area contributed by atoms with E-state index in [-0.39, 0.29) is 5.91 Å². The summed E-state index contributed by atoms with van der Waals surface area (Å²) >= 11 is 3.19. The molecule has 5 heteroatoms. The lowest BCUT2D eigenvalue weighted by Gasteiger charge is -2.17. The van der Waals surface area contributed by atoms with Crippen LogP contribution in [0.1, 0.15) is 41.8 Å². The van der Waals surface area contributed by atoms with Crippen molar-refractivity contribution in [1.29, 1.82) is 0 Å². The van der Waals surface area contributed by atoms with Crippen LogP contribution in [0, 0.1) is 12.8 Å². The van der Waals surface area contributed by atoms with Crippen molar-refractivity contribution >= 4 is 21.8 Å². The topological polar surface area (TPSA) is 62.5 Å². The highest BCUT2D eigenvalue weighted by molar-refractivity contribution is 9.10. The third-order valence-corrected chi connectivity index (χ3v) is 3.90. The van der Waals surface area contributed by atoms with Gasteiger partial charge in [-0.3, -0.25) is 4.79 Å². The van der Waals surface area contributed by atoms with Crippen LogP contribution in [-0.2, 0) is 0 Å². The zero-order chi connectivity index (χ0) is 13.1. The molecule has 0 bridgehead atoms. The number of nitrogens with one attached hydrogen (secondary N) is 1. The molecule has 0 spiro atoms. The van der Waals surface area contributed by atoms with Crippen LogP contribution in [0.15, 0.2) is 15.2 Å². The number of hydrogen-bond acceptors (Lipinski definition) is 3. The van der Waals surface area contributed by atoms with Crippen molar-refractivity contribution in [3.63, 3.8) is 0 Å². The number of halogens is 1. The van der Waals surface area contributed by atoms with Crippen LogP contribution in [0.5, 0.6) is 0 Å². The van der Waals surface area contributed by atoms with Crippen molar-refractivity contribution in [3.8, 4) is 0 Å². The quantitative estimate of drug-likeness (QED) is 0.897. The molecule has 1 aliphatic carbocycles. The molecule has 4 nitrogen and oxygen atoms in total. The van der Waals surface area contributed by atoms with Gasteiger partial charge in [0.1, 0.15) is 0 Å². The molecule has 1 aliphatic rings. The molecule has 2 rings (SSSR count). The summed E-state index contributed by atoms with van der Waals surface area (Å²) in [5.41, 5.74) is 0.787. The maximum atomic E-state index is 11.9. The second-order valence-corrected chi connectivity index (χ2v) is 5.67. The molecule has 1 atom stereocenters. The van der Waals surface area contributed by atoms with Crippen LogP contribution in [0.3, 0.4) is 0 Å². The zero-order valence-corrected chi connectivity index (χ0v) is 12.0. The van der Waals surface area contributed by atoms with Gasteiger partial charge < -0.3 is 14.8 Å². The molecular formula is C13H18BrNO3. The standard InChI is InChI=1S/C13H18BrNO3/c1-8-6-11(14)18-12(8)13(17)15-7-10(16)9-4-2-3-5-9/h6,9-10,16H,2-5,7H2,1H3,(H,15,17). The number of furan rings is 1. The number of rotatable bonds is 4. The van der Waals surface area contributed by atoms with Gasteiger partial charge in [-0.2, -0.15) is 0 Å². The molecule has 0 aromatic carbocycles. The first kappa shape index (κ1) is 13.6. The summed E-state index contributed by atoms with van der Waals surface area (Å²) in [5.74, 6) is 0.366. The van der Waals surface area contributed by atoms with Gasteiger partial charge in [0, 0.05) is 12.1 Å². The van der Waals surface area contributed by atoms with Crippen molar-refractivity contribution in [3.05, 3.63) is 22.1 Å². The van der Waals surface area contributed by atoms with Gasteiger partial charge in [-0.1, -0.05) is 12.8 Å². The Balaban J connectivity index is 1.86. The van der Waals surface area contributed by atoms with Gasteiger partial charge in [0.15, 0.2) is 10.4 Å². The fourth-order valence-electron chi connectivity index (χ4n) is 2.46. The SMILES string of the molecule is Cc1cc(Br)oc1C(=O)NCC(O)C1CCCC1. The van der Waals surface area contributed by atoms with Crippen LogP contribution >= 0.6 is 15.9 Å². The molecule has 1 fully saturated rings. The smallest absolute Gasteiger partial charge is 0.287 e. The Labute approximate surface area is 115 Å². The maximum absolute atomic E-state index is 11.9. The minimum absolute atomic E-state index is 0.268. The first-order valence-electron chi connectivity index (χ1n) is 6.30. The van der Waals surface area contributed by atoms with Gasteiger partial charge in [0.2, 0.25) is 0 Å². The summed E-state index contributed by atoms with van der Waals surface area (Å²) in [7, 11) is 0. The van der Waals surface area contributed by atoms with E-state index in [9.17, 15) is 9.90 Å². The molecule has 2 N–H and O–H groups in total. The van der Waals surface area contributed by atoms with E-state index in [1.54, 1.807) is 6.07 Å². The summed E-state index contributed by atoms with van der Waals surface area (Å²) in [6.07, 6.45) is 4.03. The highest BCUT2D eigenvalue weighted by Gasteiger charge is 2.24.